The van der Waals surface area contributed by atoms with E-state index in [1.54, 1.807) is 0 Å². The van der Waals surface area contributed by atoms with E-state index in [0.717, 1.165) is 18.4 Å². The number of aliphatic hydroxyl groups is 1. The average molecular weight is 238 g/mol. The van der Waals surface area contributed by atoms with Crippen LogP contribution in [0.15, 0.2) is 72.8 Å². The van der Waals surface area contributed by atoms with Crippen molar-refractivity contribution in [2.24, 2.45) is 0 Å². The SMILES string of the molecule is OC(/C=C/CCc1ccccc1)c1ccccc1. The van der Waals surface area contributed by atoms with Gasteiger partial charge in [-0.1, -0.05) is 72.8 Å². The Hall–Kier alpha value is -1.86. The minimum Gasteiger partial charge on any atom is -0.384 e. The Morgan fingerprint density at radius 1 is 0.889 bits per heavy atom. The second-order valence-electron chi connectivity index (χ2n) is 4.31. The first-order chi connectivity index (χ1) is 8.86. The molecule has 0 saturated carbocycles. The van der Waals surface area contributed by atoms with Gasteiger partial charge in [0.2, 0.25) is 0 Å². The first-order valence-corrected chi connectivity index (χ1v) is 6.30. The molecule has 0 amide bonds. The zero-order valence-corrected chi connectivity index (χ0v) is 10.4. The van der Waals surface area contributed by atoms with Crippen LogP contribution in [0.25, 0.3) is 0 Å². The van der Waals surface area contributed by atoms with E-state index in [1.807, 2.05) is 48.6 Å². The van der Waals surface area contributed by atoms with Crippen molar-refractivity contribution in [2.45, 2.75) is 18.9 Å². The molecule has 1 nitrogen and oxygen atoms in total. The molecule has 0 aliphatic heterocycles. The lowest BCUT2D eigenvalue weighted by atomic mass is 10.1. The summed E-state index contributed by atoms with van der Waals surface area (Å²) in [7, 11) is 0. The number of hydrogen-bond acceptors (Lipinski definition) is 1. The molecule has 0 aliphatic rings. The summed E-state index contributed by atoms with van der Waals surface area (Å²) in [6.45, 7) is 0. The highest BCUT2D eigenvalue weighted by Gasteiger charge is 2.00. The maximum absolute atomic E-state index is 9.93. The minimum absolute atomic E-state index is 0.498. The maximum Gasteiger partial charge on any atom is 0.0971 e. The van der Waals surface area contributed by atoms with Crippen LogP contribution in [0.5, 0.6) is 0 Å². The fourth-order valence-corrected chi connectivity index (χ4v) is 1.88. The highest BCUT2D eigenvalue weighted by atomic mass is 16.3. The van der Waals surface area contributed by atoms with Gasteiger partial charge in [0.1, 0.15) is 0 Å². The molecule has 0 aromatic heterocycles. The molecule has 0 heterocycles. The van der Waals surface area contributed by atoms with Gasteiger partial charge in [-0.05, 0) is 24.0 Å². The number of hydrogen-bond donors (Lipinski definition) is 1. The summed E-state index contributed by atoms with van der Waals surface area (Å²) in [4.78, 5) is 0. The number of rotatable bonds is 5. The van der Waals surface area contributed by atoms with Gasteiger partial charge in [0.15, 0.2) is 0 Å². The number of aryl methyl sites for hydroxylation is 1. The first-order valence-electron chi connectivity index (χ1n) is 6.30. The molecule has 92 valence electrons. The van der Waals surface area contributed by atoms with Gasteiger partial charge in [-0.3, -0.25) is 0 Å². The van der Waals surface area contributed by atoms with Crippen LogP contribution in [0, 0.1) is 0 Å². The van der Waals surface area contributed by atoms with Crippen LogP contribution in [0.3, 0.4) is 0 Å². The third-order valence-electron chi connectivity index (χ3n) is 2.90. The highest BCUT2D eigenvalue weighted by Crippen LogP contribution is 2.13. The summed E-state index contributed by atoms with van der Waals surface area (Å²) in [5, 5.41) is 9.93. The molecule has 0 spiro atoms. The largest absolute Gasteiger partial charge is 0.384 e. The molecule has 1 unspecified atom stereocenters. The van der Waals surface area contributed by atoms with E-state index >= 15 is 0 Å². The number of allylic oxidation sites excluding steroid dienone is 1. The van der Waals surface area contributed by atoms with Gasteiger partial charge in [-0.2, -0.15) is 0 Å². The quantitative estimate of drug-likeness (QED) is 0.783. The van der Waals surface area contributed by atoms with Gasteiger partial charge in [0.25, 0.3) is 0 Å². The summed E-state index contributed by atoms with van der Waals surface area (Å²) >= 11 is 0. The summed E-state index contributed by atoms with van der Waals surface area (Å²) in [6.07, 6.45) is 5.37. The molecule has 1 N–H and O–H groups in total. The third kappa shape index (κ3) is 3.86. The second kappa shape index (κ2) is 6.77. The molecule has 0 saturated heterocycles. The molecule has 0 fully saturated rings. The summed E-state index contributed by atoms with van der Waals surface area (Å²) in [5.41, 5.74) is 2.27. The van der Waals surface area contributed by atoms with Crippen LogP contribution in [0.2, 0.25) is 0 Å². The Bertz CT molecular complexity index is 473. The van der Waals surface area contributed by atoms with Gasteiger partial charge < -0.3 is 5.11 Å². The topological polar surface area (TPSA) is 20.2 Å². The van der Waals surface area contributed by atoms with Crippen LogP contribution >= 0.6 is 0 Å². The van der Waals surface area contributed by atoms with Crippen molar-refractivity contribution in [3.05, 3.63) is 83.9 Å². The first kappa shape index (κ1) is 12.6. The normalized spacial score (nSPS) is 12.7. The molecule has 18 heavy (non-hydrogen) atoms. The Morgan fingerprint density at radius 3 is 2.17 bits per heavy atom. The van der Waals surface area contributed by atoms with Crippen LogP contribution in [0.4, 0.5) is 0 Å². The molecule has 1 heteroatoms. The van der Waals surface area contributed by atoms with Gasteiger partial charge in [-0.15, -0.1) is 0 Å². The molecular weight excluding hydrogens is 220 g/mol. The van der Waals surface area contributed by atoms with Crippen LogP contribution in [-0.2, 0) is 6.42 Å². The number of aliphatic hydroxyl groups excluding tert-OH is 1. The fraction of sp³-hybridized carbons (Fsp3) is 0.176. The van der Waals surface area contributed by atoms with E-state index in [9.17, 15) is 5.11 Å². The van der Waals surface area contributed by atoms with E-state index in [-0.39, 0.29) is 0 Å². The molecular formula is C17H18O. The monoisotopic (exact) mass is 238 g/mol. The Kier molecular flexibility index (Phi) is 4.74. The molecule has 0 bridgehead atoms. The van der Waals surface area contributed by atoms with Crippen molar-refractivity contribution in [1.29, 1.82) is 0 Å². The standard InChI is InChI=1S/C17H18O/c18-17(16-12-5-2-6-13-16)14-8-7-11-15-9-3-1-4-10-15/h1-6,8-10,12-14,17-18H,7,11H2/b14-8+. The summed E-state index contributed by atoms with van der Waals surface area (Å²) in [5.74, 6) is 0. The van der Waals surface area contributed by atoms with Crippen molar-refractivity contribution in [2.75, 3.05) is 0 Å². The van der Waals surface area contributed by atoms with Crippen molar-refractivity contribution < 1.29 is 5.11 Å². The number of benzene rings is 2. The summed E-state index contributed by atoms with van der Waals surface area (Å²) < 4.78 is 0. The molecule has 2 rings (SSSR count). The predicted octanol–water partition coefficient (Wildman–Crippen LogP) is 3.91. The van der Waals surface area contributed by atoms with Crippen LogP contribution < -0.4 is 0 Å². The van der Waals surface area contributed by atoms with E-state index in [4.69, 9.17) is 0 Å². The molecule has 0 radical (unpaired) electrons. The zero-order chi connectivity index (χ0) is 12.6. The highest BCUT2D eigenvalue weighted by molar-refractivity contribution is 5.21. The molecule has 2 aromatic carbocycles. The lowest BCUT2D eigenvalue weighted by Crippen LogP contribution is -1.92. The van der Waals surface area contributed by atoms with Gasteiger partial charge in [0.05, 0.1) is 6.10 Å². The van der Waals surface area contributed by atoms with E-state index in [1.165, 1.54) is 5.56 Å². The fourth-order valence-electron chi connectivity index (χ4n) is 1.88. The smallest absolute Gasteiger partial charge is 0.0971 e. The second-order valence-corrected chi connectivity index (χ2v) is 4.31. The van der Waals surface area contributed by atoms with Crippen LogP contribution in [-0.4, -0.2) is 5.11 Å². The molecule has 1 atom stereocenters. The van der Waals surface area contributed by atoms with E-state index in [0.29, 0.717) is 0 Å². The zero-order valence-electron chi connectivity index (χ0n) is 10.4. The van der Waals surface area contributed by atoms with Gasteiger partial charge >= 0.3 is 0 Å². The van der Waals surface area contributed by atoms with Crippen molar-refractivity contribution in [3.8, 4) is 0 Å². The van der Waals surface area contributed by atoms with Crippen molar-refractivity contribution in [1.82, 2.24) is 0 Å². The lowest BCUT2D eigenvalue weighted by molar-refractivity contribution is 0.228. The maximum atomic E-state index is 9.93. The molecule has 0 aliphatic carbocycles. The van der Waals surface area contributed by atoms with E-state index in [2.05, 4.69) is 24.3 Å². The minimum atomic E-state index is -0.498. The van der Waals surface area contributed by atoms with Gasteiger partial charge in [0, 0.05) is 0 Å². The van der Waals surface area contributed by atoms with Crippen molar-refractivity contribution in [3.63, 3.8) is 0 Å². The Balaban J connectivity index is 1.82. The average Bonchev–Trinajstić information content (AvgIpc) is 2.45. The Morgan fingerprint density at radius 2 is 1.50 bits per heavy atom. The molecule has 2 aromatic rings. The summed E-state index contributed by atoms with van der Waals surface area (Å²) in [6, 6.07) is 20.1. The van der Waals surface area contributed by atoms with E-state index < -0.39 is 6.10 Å². The third-order valence-corrected chi connectivity index (χ3v) is 2.90. The van der Waals surface area contributed by atoms with Crippen molar-refractivity contribution >= 4 is 0 Å². The predicted molar refractivity (Wildman–Crippen MR) is 75.3 cm³/mol. The Labute approximate surface area is 108 Å². The van der Waals surface area contributed by atoms with Gasteiger partial charge in [-0.25, -0.2) is 0 Å². The van der Waals surface area contributed by atoms with Crippen LogP contribution in [0.1, 0.15) is 23.7 Å². The lowest BCUT2D eigenvalue weighted by Gasteiger charge is -2.05.